The van der Waals surface area contributed by atoms with Crippen LogP contribution < -0.4 is 4.90 Å². The molecule has 3 aliphatic rings. The molecule has 1 aliphatic heterocycles. The molecule has 1 aromatic carbocycles. The van der Waals surface area contributed by atoms with Crippen LogP contribution in [0.5, 0.6) is 0 Å². The molecule has 1 spiro atoms. The molecule has 4 rings (SSSR count). The Labute approximate surface area is 124 Å². The van der Waals surface area contributed by atoms with E-state index >= 15 is 0 Å². The van der Waals surface area contributed by atoms with E-state index in [1.165, 1.54) is 12.7 Å². The molecule has 0 aromatic heterocycles. The highest BCUT2D eigenvalue weighted by Gasteiger charge is 2.68. The van der Waals surface area contributed by atoms with E-state index in [-0.39, 0.29) is 29.3 Å². The van der Waals surface area contributed by atoms with Gasteiger partial charge in [0.05, 0.1) is 13.0 Å². The molecule has 2 fully saturated rings. The van der Waals surface area contributed by atoms with Crippen molar-refractivity contribution in [1.29, 1.82) is 0 Å². The van der Waals surface area contributed by atoms with E-state index in [0.717, 1.165) is 24.9 Å². The molecule has 1 aromatic rings. The van der Waals surface area contributed by atoms with Gasteiger partial charge in [-0.1, -0.05) is 18.2 Å². The van der Waals surface area contributed by atoms with Crippen LogP contribution in [0.4, 0.5) is 5.69 Å². The largest absolute Gasteiger partial charge is 0.469 e. The van der Waals surface area contributed by atoms with Gasteiger partial charge in [-0.15, -0.1) is 0 Å². The van der Waals surface area contributed by atoms with Crippen molar-refractivity contribution in [1.82, 2.24) is 0 Å². The van der Waals surface area contributed by atoms with Gasteiger partial charge in [0, 0.05) is 24.1 Å². The number of nitrogens with zero attached hydrogens (tertiary/aromatic N) is 1. The molecule has 0 unspecified atom stereocenters. The van der Waals surface area contributed by atoms with Crippen LogP contribution in [0, 0.1) is 11.8 Å². The van der Waals surface area contributed by atoms with Crippen LogP contribution in [0.1, 0.15) is 31.7 Å². The first kappa shape index (κ1) is 12.9. The predicted molar refractivity (Wildman–Crippen MR) is 77.9 cm³/mol. The Hall–Kier alpha value is -1.84. The third kappa shape index (κ3) is 1.40. The molecule has 2 aliphatic carbocycles. The summed E-state index contributed by atoms with van der Waals surface area (Å²) in [5, 5.41) is 0. The number of hydrogen-bond donors (Lipinski definition) is 0. The van der Waals surface area contributed by atoms with Gasteiger partial charge < -0.3 is 9.64 Å². The van der Waals surface area contributed by atoms with Crippen molar-refractivity contribution in [2.45, 2.75) is 37.6 Å². The van der Waals surface area contributed by atoms with E-state index < -0.39 is 0 Å². The zero-order valence-corrected chi connectivity index (χ0v) is 12.3. The lowest BCUT2D eigenvalue weighted by Crippen LogP contribution is -2.58. The molecule has 4 atom stereocenters. The van der Waals surface area contributed by atoms with Gasteiger partial charge in [0.1, 0.15) is 0 Å². The van der Waals surface area contributed by atoms with Gasteiger partial charge in [-0.3, -0.25) is 9.59 Å². The molecule has 2 saturated carbocycles. The van der Waals surface area contributed by atoms with Crippen molar-refractivity contribution >= 4 is 17.6 Å². The fraction of sp³-hybridized carbons (Fsp3) is 0.529. The Balaban J connectivity index is 1.79. The first-order valence-electron chi connectivity index (χ1n) is 7.56. The van der Waals surface area contributed by atoms with Crippen LogP contribution in [0.3, 0.4) is 0 Å². The summed E-state index contributed by atoms with van der Waals surface area (Å²) < 4.78 is 4.95. The number of carbonyl (C=O) groups is 2. The van der Waals surface area contributed by atoms with E-state index in [4.69, 9.17) is 4.74 Å². The zero-order valence-electron chi connectivity index (χ0n) is 12.3. The van der Waals surface area contributed by atoms with Gasteiger partial charge in [0.15, 0.2) is 0 Å². The van der Waals surface area contributed by atoms with Gasteiger partial charge >= 0.3 is 5.97 Å². The molecule has 0 radical (unpaired) electrons. The number of benzene rings is 1. The zero-order chi connectivity index (χ0) is 14.8. The average Bonchev–Trinajstić information content (AvgIpc) is 2.89. The van der Waals surface area contributed by atoms with E-state index in [1.54, 1.807) is 6.92 Å². The van der Waals surface area contributed by atoms with Crippen molar-refractivity contribution in [3.8, 4) is 0 Å². The second kappa shape index (κ2) is 4.09. The standard InChI is InChI=1S/C17H19NO3/c1-10(19)18-14-6-4-3-5-13(14)17-9-11(16(20)21-2)7-12(17)8-15(17)18/h3-6,11-12,15H,7-9H2,1-2H3/t11-,12-,15-,17-/m1/s1. The molecule has 0 bridgehead atoms. The third-order valence-electron chi connectivity index (χ3n) is 5.83. The molecule has 110 valence electrons. The highest BCUT2D eigenvalue weighted by Crippen LogP contribution is 2.67. The number of fused-ring (bicyclic) bond motifs is 1. The van der Waals surface area contributed by atoms with Gasteiger partial charge in [0.25, 0.3) is 0 Å². The molecule has 1 amide bonds. The molecule has 0 N–H and O–H groups in total. The number of ether oxygens (including phenoxy) is 1. The molecular weight excluding hydrogens is 266 g/mol. The highest BCUT2D eigenvalue weighted by atomic mass is 16.5. The summed E-state index contributed by atoms with van der Waals surface area (Å²) in [6.45, 7) is 1.63. The number of para-hydroxylation sites is 1. The number of hydrogen-bond acceptors (Lipinski definition) is 3. The van der Waals surface area contributed by atoms with Crippen LogP contribution in [-0.2, 0) is 19.7 Å². The van der Waals surface area contributed by atoms with E-state index in [0.29, 0.717) is 5.92 Å². The topological polar surface area (TPSA) is 46.6 Å². The number of rotatable bonds is 1. The normalized spacial score (nSPS) is 35.5. The Morgan fingerprint density at radius 3 is 2.76 bits per heavy atom. The van der Waals surface area contributed by atoms with Gasteiger partial charge in [-0.05, 0) is 36.8 Å². The first-order chi connectivity index (χ1) is 10.1. The minimum Gasteiger partial charge on any atom is -0.469 e. The summed E-state index contributed by atoms with van der Waals surface area (Å²) in [6, 6.07) is 8.42. The molecule has 4 nitrogen and oxygen atoms in total. The van der Waals surface area contributed by atoms with Crippen molar-refractivity contribution in [3.63, 3.8) is 0 Å². The number of esters is 1. The van der Waals surface area contributed by atoms with Gasteiger partial charge in [0.2, 0.25) is 5.91 Å². The Bertz CT molecular complexity index is 641. The lowest BCUT2D eigenvalue weighted by atomic mass is 9.56. The highest BCUT2D eigenvalue weighted by molar-refractivity contribution is 5.96. The summed E-state index contributed by atoms with van der Waals surface area (Å²) in [6.07, 6.45) is 2.71. The Morgan fingerprint density at radius 2 is 2.05 bits per heavy atom. The SMILES string of the molecule is COC(=O)[C@@H]1C[C@@H]2C[C@H]3N(C(C)=O)c4ccccc4[C@@]23C1. The lowest BCUT2D eigenvalue weighted by molar-refractivity contribution is -0.145. The predicted octanol–water partition coefficient (Wildman–Crippen LogP) is 2.26. The fourth-order valence-electron chi connectivity index (χ4n) is 5.07. The molecule has 0 saturated heterocycles. The van der Waals surface area contributed by atoms with E-state index in [2.05, 4.69) is 6.07 Å². The summed E-state index contributed by atoms with van der Waals surface area (Å²) in [5.41, 5.74) is 2.29. The van der Waals surface area contributed by atoms with Crippen molar-refractivity contribution < 1.29 is 14.3 Å². The number of anilines is 1. The van der Waals surface area contributed by atoms with Gasteiger partial charge in [-0.2, -0.15) is 0 Å². The second-order valence-corrected chi connectivity index (χ2v) is 6.55. The molecule has 4 heteroatoms. The van der Waals surface area contributed by atoms with Crippen molar-refractivity contribution in [2.24, 2.45) is 11.8 Å². The lowest BCUT2D eigenvalue weighted by Gasteiger charge is -2.50. The number of methoxy groups -OCH3 is 1. The summed E-state index contributed by atoms with van der Waals surface area (Å²) in [7, 11) is 1.46. The van der Waals surface area contributed by atoms with Crippen molar-refractivity contribution in [2.75, 3.05) is 12.0 Å². The van der Waals surface area contributed by atoms with Crippen LogP contribution in [-0.4, -0.2) is 25.0 Å². The van der Waals surface area contributed by atoms with Crippen LogP contribution in [0.25, 0.3) is 0 Å². The summed E-state index contributed by atoms with van der Waals surface area (Å²) in [4.78, 5) is 26.0. The molecule has 21 heavy (non-hydrogen) atoms. The smallest absolute Gasteiger partial charge is 0.308 e. The third-order valence-corrected chi connectivity index (χ3v) is 5.83. The maximum absolute atomic E-state index is 12.1. The summed E-state index contributed by atoms with van der Waals surface area (Å²) >= 11 is 0. The van der Waals surface area contributed by atoms with Crippen LogP contribution in [0.15, 0.2) is 24.3 Å². The van der Waals surface area contributed by atoms with Crippen molar-refractivity contribution in [3.05, 3.63) is 29.8 Å². The van der Waals surface area contributed by atoms with E-state index in [1.807, 2.05) is 23.1 Å². The quantitative estimate of drug-likeness (QED) is 0.744. The van der Waals surface area contributed by atoms with Crippen LogP contribution in [0.2, 0.25) is 0 Å². The Kier molecular flexibility index (Phi) is 2.51. The number of amides is 1. The summed E-state index contributed by atoms with van der Waals surface area (Å²) in [5.74, 6) is 0.475. The average molecular weight is 285 g/mol. The minimum absolute atomic E-state index is 0.0128. The minimum atomic E-state index is -0.101. The monoisotopic (exact) mass is 285 g/mol. The maximum atomic E-state index is 12.1. The first-order valence-corrected chi connectivity index (χ1v) is 7.56. The van der Waals surface area contributed by atoms with Crippen LogP contribution >= 0.6 is 0 Å². The molecular formula is C17H19NO3. The number of carbonyl (C=O) groups excluding carboxylic acids is 2. The maximum Gasteiger partial charge on any atom is 0.308 e. The van der Waals surface area contributed by atoms with Gasteiger partial charge in [-0.25, -0.2) is 0 Å². The fourth-order valence-corrected chi connectivity index (χ4v) is 5.07. The van der Waals surface area contributed by atoms with E-state index in [9.17, 15) is 9.59 Å². The second-order valence-electron chi connectivity index (χ2n) is 6.55. The molecule has 1 heterocycles. The Morgan fingerprint density at radius 1 is 1.29 bits per heavy atom.